The molecule has 0 spiro atoms. The molecule has 152 valence electrons. The van der Waals surface area contributed by atoms with Crippen molar-refractivity contribution in [2.24, 2.45) is 0 Å². The van der Waals surface area contributed by atoms with E-state index < -0.39 is 0 Å². The third-order valence-electron chi connectivity index (χ3n) is 4.75. The molecule has 30 heavy (non-hydrogen) atoms. The van der Waals surface area contributed by atoms with Crippen molar-refractivity contribution < 1.29 is 0 Å². The molecular formula is C24H24N4S2. The van der Waals surface area contributed by atoms with Gasteiger partial charge in [0.05, 0.1) is 5.69 Å². The summed E-state index contributed by atoms with van der Waals surface area (Å²) >= 11 is 3.37. The number of allylic oxidation sites excluding steroid dienone is 1. The van der Waals surface area contributed by atoms with E-state index in [0.717, 1.165) is 40.3 Å². The van der Waals surface area contributed by atoms with E-state index >= 15 is 0 Å². The Hall–Kier alpha value is -2.70. The predicted octanol–water partition coefficient (Wildman–Crippen LogP) is 5.97. The highest BCUT2D eigenvalue weighted by molar-refractivity contribution is 7.98. The maximum atomic E-state index is 4.82. The van der Waals surface area contributed by atoms with E-state index in [2.05, 4.69) is 82.2 Å². The maximum Gasteiger partial charge on any atom is 0.191 e. The average Bonchev–Trinajstić information content (AvgIpc) is 3.39. The van der Waals surface area contributed by atoms with Gasteiger partial charge in [-0.25, -0.2) is 4.98 Å². The van der Waals surface area contributed by atoms with E-state index in [1.165, 1.54) is 16.7 Å². The summed E-state index contributed by atoms with van der Waals surface area (Å²) in [4.78, 5) is 4.82. The summed E-state index contributed by atoms with van der Waals surface area (Å²) in [6.45, 7) is 6.72. The van der Waals surface area contributed by atoms with E-state index in [4.69, 9.17) is 4.98 Å². The van der Waals surface area contributed by atoms with Crippen LogP contribution in [0.1, 0.15) is 22.6 Å². The van der Waals surface area contributed by atoms with E-state index in [9.17, 15) is 0 Å². The summed E-state index contributed by atoms with van der Waals surface area (Å²) in [5, 5.41) is 13.0. The molecule has 6 heteroatoms. The largest absolute Gasteiger partial charge is 0.302 e. The lowest BCUT2D eigenvalue weighted by molar-refractivity contribution is 0.673. The SMILES string of the molecule is C=CCn1c(CCc2ccccc2)nnc1SCc1csc(-c2cccc(C)c2)n1. The van der Waals surface area contributed by atoms with Gasteiger partial charge in [-0.3, -0.25) is 0 Å². The minimum atomic E-state index is 0.713. The van der Waals surface area contributed by atoms with Crippen molar-refractivity contribution in [3.8, 4) is 10.6 Å². The highest BCUT2D eigenvalue weighted by Gasteiger charge is 2.13. The van der Waals surface area contributed by atoms with Crippen LogP contribution in [0.5, 0.6) is 0 Å². The molecule has 0 aliphatic heterocycles. The van der Waals surface area contributed by atoms with Gasteiger partial charge >= 0.3 is 0 Å². The van der Waals surface area contributed by atoms with Crippen molar-refractivity contribution in [1.82, 2.24) is 19.7 Å². The molecule has 4 aromatic rings. The molecule has 0 unspecified atom stereocenters. The molecule has 0 bridgehead atoms. The first-order valence-electron chi connectivity index (χ1n) is 9.94. The number of benzene rings is 2. The minimum Gasteiger partial charge on any atom is -0.302 e. The second-order valence-corrected chi connectivity index (χ2v) is 8.89. The van der Waals surface area contributed by atoms with Gasteiger partial charge in [0.2, 0.25) is 0 Å². The number of nitrogens with zero attached hydrogens (tertiary/aromatic N) is 4. The van der Waals surface area contributed by atoms with Crippen LogP contribution in [0.4, 0.5) is 0 Å². The molecule has 0 atom stereocenters. The summed E-state index contributed by atoms with van der Waals surface area (Å²) < 4.78 is 2.16. The lowest BCUT2D eigenvalue weighted by atomic mass is 10.1. The second-order valence-electron chi connectivity index (χ2n) is 7.09. The van der Waals surface area contributed by atoms with E-state index in [1.54, 1.807) is 23.1 Å². The molecule has 2 aromatic heterocycles. The molecule has 0 amide bonds. The van der Waals surface area contributed by atoms with Crippen molar-refractivity contribution >= 4 is 23.1 Å². The first kappa shape index (κ1) is 20.6. The van der Waals surface area contributed by atoms with Gasteiger partial charge in [-0.1, -0.05) is 71.9 Å². The minimum absolute atomic E-state index is 0.713. The van der Waals surface area contributed by atoms with Crippen LogP contribution in [0.2, 0.25) is 0 Å². The Bertz CT molecular complexity index is 1120. The zero-order valence-electron chi connectivity index (χ0n) is 17.0. The van der Waals surface area contributed by atoms with Gasteiger partial charge in [0.25, 0.3) is 0 Å². The Morgan fingerprint density at radius 2 is 1.93 bits per heavy atom. The highest BCUT2D eigenvalue weighted by Crippen LogP contribution is 2.28. The fourth-order valence-electron chi connectivity index (χ4n) is 3.25. The third-order valence-corrected chi connectivity index (χ3v) is 6.69. The summed E-state index contributed by atoms with van der Waals surface area (Å²) in [6, 6.07) is 19.0. The van der Waals surface area contributed by atoms with E-state index in [0.29, 0.717) is 6.54 Å². The lowest BCUT2D eigenvalue weighted by Gasteiger charge is -2.07. The zero-order valence-corrected chi connectivity index (χ0v) is 18.6. The van der Waals surface area contributed by atoms with Gasteiger partial charge in [0.15, 0.2) is 5.16 Å². The molecule has 2 heterocycles. The van der Waals surface area contributed by atoms with Crippen LogP contribution in [0.25, 0.3) is 10.6 Å². The van der Waals surface area contributed by atoms with Gasteiger partial charge in [-0.05, 0) is 25.0 Å². The van der Waals surface area contributed by atoms with Crippen molar-refractivity contribution in [3.05, 3.63) is 95.3 Å². The number of thioether (sulfide) groups is 1. The quantitative estimate of drug-likeness (QED) is 0.241. The summed E-state index contributed by atoms with van der Waals surface area (Å²) in [6.07, 6.45) is 3.71. The Morgan fingerprint density at radius 3 is 2.73 bits per heavy atom. The normalized spacial score (nSPS) is 11.0. The van der Waals surface area contributed by atoms with Gasteiger partial charge in [0.1, 0.15) is 10.8 Å². The number of aryl methyl sites for hydroxylation is 3. The maximum absolute atomic E-state index is 4.82. The standard InChI is InChI=1S/C24H24N4S2/c1-3-14-28-22(13-12-19-9-5-4-6-10-19)26-27-24(28)30-17-21-16-29-23(25-21)20-11-7-8-18(2)15-20/h3-11,15-16H,1,12-14,17H2,2H3. The first-order valence-corrected chi connectivity index (χ1v) is 11.8. The van der Waals surface area contributed by atoms with E-state index in [1.807, 2.05) is 12.1 Å². The molecule has 0 radical (unpaired) electrons. The van der Waals surface area contributed by atoms with Gasteiger partial charge in [0, 0.05) is 29.7 Å². The predicted molar refractivity (Wildman–Crippen MR) is 126 cm³/mol. The number of aromatic nitrogens is 4. The molecule has 4 rings (SSSR count). The number of hydrogen-bond acceptors (Lipinski definition) is 5. The van der Waals surface area contributed by atoms with Crippen molar-refractivity contribution in [2.75, 3.05) is 0 Å². The van der Waals surface area contributed by atoms with Gasteiger partial charge < -0.3 is 4.57 Å². The van der Waals surface area contributed by atoms with Gasteiger partial charge in [-0.2, -0.15) is 0 Å². The summed E-state index contributed by atoms with van der Waals surface area (Å²) in [5.41, 5.74) is 4.81. The van der Waals surface area contributed by atoms with Crippen molar-refractivity contribution in [3.63, 3.8) is 0 Å². The smallest absolute Gasteiger partial charge is 0.191 e. The van der Waals surface area contributed by atoms with Crippen LogP contribution < -0.4 is 0 Å². The molecule has 2 aromatic carbocycles. The molecule has 0 aliphatic rings. The summed E-state index contributed by atoms with van der Waals surface area (Å²) in [7, 11) is 0. The molecule has 0 fully saturated rings. The monoisotopic (exact) mass is 432 g/mol. The van der Waals surface area contributed by atoms with Gasteiger partial charge in [-0.15, -0.1) is 28.1 Å². The molecule has 4 nitrogen and oxygen atoms in total. The Labute approximate surface area is 185 Å². The topological polar surface area (TPSA) is 43.6 Å². The van der Waals surface area contributed by atoms with E-state index in [-0.39, 0.29) is 0 Å². The van der Waals surface area contributed by atoms with Crippen molar-refractivity contribution in [1.29, 1.82) is 0 Å². The summed E-state index contributed by atoms with van der Waals surface area (Å²) in [5.74, 6) is 1.77. The fourth-order valence-corrected chi connectivity index (χ4v) is 5.03. The first-order chi connectivity index (χ1) is 14.7. The molecule has 0 saturated carbocycles. The zero-order chi connectivity index (χ0) is 20.8. The highest BCUT2D eigenvalue weighted by atomic mass is 32.2. The molecular weight excluding hydrogens is 408 g/mol. The van der Waals surface area contributed by atoms with Crippen LogP contribution in [0.3, 0.4) is 0 Å². The van der Waals surface area contributed by atoms with Crippen LogP contribution >= 0.6 is 23.1 Å². The van der Waals surface area contributed by atoms with Crippen LogP contribution in [-0.4, -0.2) is 19.7 Å². The Kier molecular flexibility index (Phi) is 6.77. The Balaban J connectivity index is 1.43. The van der Waals surface area contributed by atoms with Crippen LogP contribution in [0.15, 0.2) is 77.8 Å². The molecule has 0 aliphatic carbocycles. The second kappa shape index (κ2) is 9.87. The van der Waals surface area contributed by atoms with Crippen LogP contribution in [0, 0.1) is 6.92 Å². The number of thiazole rings is 1. The Morgan fingerprint density at radius 1 is 1.07 bits per heavy atom. The molecule has 0 saturated heterocycles. The number of rotatable bonds is 9. The number of hydrogen-bond donors (Lipinski definition) is 0. The average molecular weight is 433 g/mol. The third kappa shape index (κ3) is 5.07. The lowest BCUT2D eigenvalue weighted by Crippen LogP contribution is -2.05. The molecule has 0 N–H and O–H groups in total. The fraction of sp³-hybridized carbons (Fsp3) is 0.208. The van der Waals surface area contributed by atoms with Crippen molar-refractivity contribution in [2.45, 2.75) is 37.2 Å². The van der Waals surface area contributed by atoms with Crippen LogP contribution in [-0.2, 0) is 25.1 Å².